The van der Waals surface area contributed by atoms with Gasteiger partial charge < -0.3 is 20.9 Å². The number of hydrogen-bond acceptors (Lipinski definition) is 4. The Morgan fingerprint density at radius 1 is 1.53 bits per heavy atom. The molecular weight excluding hydrogens is 244 g/mol. The molecule has 1 aliphatic heterocycles. The first-order chi connectivity index (χ1) is 9.09. The van der Waals surface area contributed by atoms with Crippen LogP contribution in [0.1, 0.15) is 22.3 Å². The van der Waals surface area contributed by atoms with Gasteiger partial charge in [-0.05, 0) is 25.0 Å². The number of para-hydroxylation sites is 1. The number of fused-ring (bicyclic) bond motifs is 1. The van der Waals surface area contributed by atoms with Crippen molar-refractivity contribution in [3.63, 3.8) is 0 Å². The van der Waals surface area contributed by atoms with Gasteiger partial charge >= 0.3 is 0 Å². The molecule has 1 saturated carbocycles. The Balaban J connectivity index is 1.73. The second-order valence-corrected chi connectivity index (χ2v) is 5.34. The zero-order valence-corrected chi connectivity index (χ0v) is 10.8. The van der Waals surface area contributed by atoms with Gasteiger partial charge in [0.05, 0.1) is 17.7 Å². The quantitative estimate of drug-likeness (QED) is 0.726. The van der Waals surface area contributed by atoms with Gasteiger partial charge in [-0.25, -0.2) is 0 Å². The van der Waals surface area contributed by atoms with E-state index in [0.717, 1.165) is 6.42 Å². The van der Waals surface area contributed by atoms with E-state index in [1.807, 2.05) is 0 Å². The molecule has 4 unspecified atom stereocenters. The lowest BCUT2D eigenvalue weighted by atomic mass is 9.72. The number of nitrogens with one attached hydrogen (secondary N) is 1. The second-order valence-electron chi connectivity index (χ2n) is 5.34. The Morgan fingerprint density at radius 3 is 3.11 bits per heavy atom. The number of aromatic hydroxyl groups is 1. The first-order valence-corrected chi connectivity index (χ1v) is 6.56. The molecule has 19 heavy (non-hydrogen) atoms. The predicted octanol–water partition coefficient (Wildman–Crippen LogP) is 0.545. The van der Waals surface area contributed by atoms with Crippen LogP contribution in [0.5, 0.6) is 5.75 Å². The molecule has 1 aliphatic carbocycles. The van der Waals surface area contributed by atoms with Gasteiger partial charge in [0, 0.05) is 18.6 Å². The average molecular weight is 262 g/mol. The number of benzene rings is 1. The summed E-state index contributed by atoms with van der Waals surface area (Å²) >= 11 is 0. The molecule has 4 atom stereocenters. The Hall–Kier alpha value is -1.59. The molecule has 5 heteroatoms. The van der Waals surface area contributed by atoms with E-state index in [4.69, 9.17) is 10.5 Å². The number of phenols is 1. The summed E-state index contributed by atoms with van der Waals surface area (Å²) in [7, 11) is 0. The van der Waals surface area contributed by atoms with Crippen molar-refractivity contribution >= 4 is 5.91 Å². The largest absolute Gasteiger partial charge is 0.507 e. The van der Waals surface area contributed by atoms with Gasteiger partial charge in [-0.1, -0.05) is 12.1 Å². The van der Waals surface area contributed by atoms with E-state index in [-0.39, 0.29) is 35.4 Å². The average Bonchev–Trinajstić information content (AvgIpc) is 2.83. The van der Waals surface area contributed by atoms with Crippen molar-refractivity contribution in [3.05, 3.63) is 29.3 Å². The molecule has 0 bridgehead atoms. The van der Waals surface area contributed by atoms with E-state index in [2.05, 4.69) is 5.32 Å². The molecule has 0 spiro atoms. The molecule has 1 saturated heterocycles. The number of carbonyl (C=O) groups excluding carboxylic acids is 1. The van der Waals surface area contributed by atoms with E-state index in [1.54, 1.807) is 25.1 Å². The molecule has 5 nitrogen and oxygen atoms in total. The molecule has 1 heterocycles. The monoisotopic (exact) mass is 262 g/mol. The second kappa shape index (κ2) is 4.51. The van der Waals surface area contributed by atoms with Crippen LogP contribution in [0.3, 0.4) is 0 Å². The van der Waals surface area contributed by atoms with Crippen LogP contribution < -0.4 is 11.1 Å². The summed E-state index contributed by atoms with van der Waals surface area (Å²) in [5.41, 5.74) is 7.01. The van der Waals surface area contributed by atoms with Crippen LogP contribution in [0.4, 0.5) is 0 Å². The van der Waals surface area contributed by atoms with Gasteiger partial charge in [-0.2, -0.15) is 0 Å². The number of phenolic OH excluding ortho intramolecular Hbond substituents is 1. The summed E-state index contributed by atoms with van der Waals surface area (Å²) in [5, 5.41) is 12.8. The fourth-order valence-corrected chi connectivity index (χ4v) is 3.00. The molecule has 1 aromatic carbocycles. The van der Waals surface area contributed by atoms with Gasteiger partial charge in [0.2, 0.25) is 0 Å². The van der Waals surface area contributed by atoms with Crippen molar-refractivity contribution in [1.82, 2.24) is 5.32 Å². The number of hydrogen-bond donors (Lipinski definition) is 3. The van der Waals surface area contributed by atoms with Gasteiger partial charge in [0.1, 0.15) is 5.75 Å². The summed E-state index contributed by atoms with van der Waals surface area (Å²) in [4.78, 5) is 12.2. The van der Waals surface area contributed by atoms with Crippen LogP contribution in [0.2, 0.25) is 0 Å². The van der Waals surface area contributed by atoms with Crippen LogP contribution in [-0.4, -0.2) is 35.8 Å². The number of carbonyl (C=O) groups is 1. The van der Waals surface area contributed by atoms with Gasteiger partial charge in [0.25, 0.3) is 5.91 Å². The smallest absolute Gasteiger partial charge is 0.255 e. The van der Waals surface area contributed by atoms with Crippen molar-refractivity contribution in [1.29, 1.82) is 0 Å². The van der Waals surface area contributed by atoms with Crippen molar-refractivity contribution in [2.45, 2.75) is 31.5 Å². The minimum absolute atomic E-state index is 0.0248. The minimum atomic E-state index is -0.296. The maximum absolute atomic E-state index is 12.2. The molecule has 1 aromatic rings. The van der Waals surface area contributed by atoms with Crippen LogP contribution >= 0.6 is 0 Å². The van der Waals surface area contributed by atoms with Crippen molar-refractivity contribution in [3.8, 4) is 5.75 Å². The number of nitrogens with two attached hydrogens (primary N) is 1. The number of aryl methyl sites for hydroxylation is 1. The lowest BCUT2D eigenvalue weighted by molar-refractivity contribution is -0.0161. The number of rotatable bonds is 2. The summed E-state index contributed by atoms with van der Waals surface area (Å²) < 4.78 is 5.57. The fraction of sp³-hybridized carbons (Fsp3) is 0.500. The summed E-state index contributed by atoms with van der Waals surface area (Å²) in [6, 6.07) is 4.91. The van der Waals surface area contributed by atoms with Crippen LogP contribution in [0, 0.1) is 12.8 Å². The van der Waals surface area contributed by atoms with Crippen molar-refractivity contribution < 1.29 is 14.6 Å². The number of ether oxygens (including phenoxy) is 1. The molecule has 0 radical (unpaired) electrons. The number of amides is 1. The van der Waals surface area contributed by atoms with Gasteiger partial charge in [-0.15, -0.1) is 0 Å². The molecule has 3 rings (SSSR count). The normalized spacial score (nSPS) is 32.5. The molecular formula is C14H18N2O3. The first-order valence-electron chi connectivity index (χ1n) is 6.56. The summed E-state index contributed by atoms with van der Waals surface area (Å²) in [6.45, 7) is 2.47. The molecule has 2 fully saturated rings. The highest BCUT2D eigenvalue weighted by Gasteiger charge is 2.52. The lowest BCUT2D eigenvalue weighted by Crippen LogP contribution is -2.68. The van der Waals surface area contributed by atoms with Gasteiger partial charge in [0.15, 0.2) is 0 Å². The third-order valence-corrected chi connectivity index (χ3v) is 4.23. The third-order valence-electron chi connectivity index (χ3n) is 4.23. The Bertz CT molecular complexity index is 517. The zero-order valence-electron chi connectivity index (χ0n) is 10.8. The minimum Gasteiger partial charge on any atom is -0.507 e. The molecule has 4 N–H and O–H groups in total. The van der Waals surface area contributed by atoms with Crippen LogP contribution in [0.15, 0.2) is 18.2 Å². The zero-order chi connectivity index (χ0) is 13.6. The first kappa shape index (κ1) is 12.4. The predicted molar refractivity (Wildman–Crippen MR) is 69.9 cm³/mol. The molecule has 102 valence electrons. The highest BCUT2D eigenvalue weighted by Crippen LogP contribution is 2.38. The van der Waals surface area contributed by atoms with Crippen LogP contribution in [0.25, 0.3) is 0 Å². The van der Waals surface area contributed by atoms with Gasteiger partial charge in [-0.3, -0.25) is 4.79 Å². The maximum atomic E-state index is 12.2. The molecule has 1 amide bonds. The van der Waals surface area contributed by atoms with E-state index < -0.39 is 0 Å². The van der Waals surface area contributed by atoms with E-state index >= 15 is 0 Å². The Kier molecular flexibility index (Phi) is 2.95. The van der Waals surface area contributed by atoms with E-state index in [0.29, 0.717) is 18.1 Å². The highest BCUT2D eigenvalue weighted by atomic mass is 16.5. The van der Waals surface area contributed by atoms with Crippen LogP contribution in [-0.2, 0) is 4.74 Å². The molecule has 2 aliphatic rings. The fourth-order valence-electron chi connectivity index (χ4n) is 3.00. The van der Waals surface area contributed by atoms with Crippen molar-refractivity contribution in [2.24, 2.45) is 11.7 Å². The third kappa shape index (κ3) is 1.89. The lowest BCUT2D eigenvalue weighted by Gasteiger charge is -2.45. The van der Waals surface area contributed by atoms with Crippen molar-refractivity contribution in [2.75, 3.05) is 6.61 Å². The Labute approximate surface area is 111 Å². The van der Waals surface area contributed by atoms with E-state index in [9.17, 15) is 9.90 Å². The summed E-state index contributed by atoms with van der Waals surface area (Å²) in [5.74, 6) is 0.0868. The SMILES string of the molecule is Cc1cccc(C(=O)NC2C(N)C3CCOC32)c1O. The van der Waals surface area contributed by atoms with E-state index in [1.165, 1.54) is 0 Å². The standard InChI is InChI=1S/C14H18N2O3/c1-7-3-2-4-9(12(7)17)14(18)16-11-10(15)8-5-6-19-13(8)11/h2-4,8,10-11,13,17H,5-6,15H2,1H3,(H,16,18). The topological polar surface area (TPSA) is 84.6 Å². The highest BCUT2D eigenvalue weighted by molar-refractivity contribution is 5.97. The summed E-state index contributed by atoms with van der Waals surface area (Å²) in [6.07, 6.45) is 0.999. The maximum Gasteiger partial charge on any atom is 0.255 e. The Morgan fingerprint density at radius 2 is 2.32 bits per heavy atom. The molecule has 0 aromatic heterocycles.